The molecule has 0 radical (unpaired) electrons. The normalized spacial score (nSPS) is 11.6. The number of rotatable bonds is 3. The van der Waals surface area contributed by atoms with E-state index in [4.69, 9.17) is 16.0 Å². The van der Waals surface area contributed by atoms with Crippen LogP contribution in [-0.2, 0) is 6.18 Å². The molecule has 0 saturated heterocycles. The lowest BCUT2D eigenvalue weighted by Crippen LogP contribution is -2.15. The van der Waals surface area contributed by atoms with Crippen LogP contribution in [0, 0.1) is 0 Å². The zero-order valence-electron chi connectivity index (χ0n) is 14.8. The van der Waals surface area contributed by atoms with E-state index in [1.54, 1.807) is 24.3 Å². The number of carbonyl (C=O) groups is 1. The van der Waals surface area contributed by atoms with Gasteiger partial charge in [0.15, 0.2) is 0 Å². The van der Waals surface area contributed by atoms with Gasteiger partial charge in [0.25, 0.3) is 5.91 Å². The van der Waals surface area contributed by atoms with Crippen LogP contribution in [0.5, 0.6) is 0 Å². The van der Waals surface area contributed by atoms with Crippen LogP contribution < -0.4 is 10.9 Å². The molecule has 11 heteroatoms. The van der Waals surface area contributed by atoms with E-state index >= 15 is 0 Å². The SMILES string of the molecule is O=C(Nc1ccc2c(C(F)(F)F)cc(=O)oc2c1)c1ncn(-c2ccc(Cl)cc2)n1. The van der Waals surface area contributed by atoms with Crippen LogP contribution in [0.15, 0.2) is 64.1 Å². The maximum absolute atomic E-state index is 13.1. The molecule has 0 aliphatic heterocycles. The molecule has 7 nitrogen and oxygen atoms in total. The fraction of sp³-hybridized carbons (Fsp3) is 0.0526. The lowest BCUT2D eigenvalue weighted by molar-refractivity contribution is -0.136. The highest BCUT2D eigenvalue weighted by molar-refractivity contribution is 6.30. The number of nitrogens with zero attached hydrogens (tertiary/aromatic N) is 3. The molecule has 0 spiro atoms. The van der Waals surface area contributed by atoms with Crippen molar-refractivity contribution in [3.05, 3.63) is 81.7 Å². The van der Waals surface area contributed by atoms with E-state index < -0.39 is 23.3 Å². The standard InChI is InChI=1S/C19H10ClF3N4O3/c20-10-1-4-12(5-2-10)27-9-24-17(26-27)18(29)25-11-3-6-13-14(19(21,22)23)8-16(28)30-15(13)7-11/h1-9H,(H,25,29). The Morgan fingerprint density at radius 2 is 1.83 bits per heavy atom. The van der Waals surface area contributed by atoms with Crippen LogP contribution in [0.2, 0.25) is 5.02 Å². The molecule has 0 bridgehead atoms. The molecule has 0 saturated carbocycles. The number of fused-ring (bicyclic) bond motifs is 1. The summed E-state index contributed by atoms with van der Waals surface area (Å²) in [7, 11) is 0. The average molecular weight is 435 g/mol. The van der Waals surface area contributed by atoms with Gasteiger partial charge in [0, 0.05) is 28.2 Å². The number of carbonyl (C=O) groups excluding carboxylic acids is 1. The molecular weight excluding hydrogens is 425 g/mol. The zero-order chi connectivity index (χ0) is 21.5. The molecule has 4 aromatic rings. The number of aromatic nitrogens is 3. The van der Waals surface area contributed by atoms with E-state index in [0.717, 1.165) is 12.1 Å². The van der Waals surface area contributed by atoms with Crippen LogP contribution in [0.1, 0.15) is 16.2 Å². The summed E-state index contributed by atoms with van der Waals surface area (Å²) < 4.78 is 45.6. The van der Waals surface area contributed by atoms with Crippen LogP contribution in [0.3, 0.4) is 0 Å². The zero-order valence-corrected chi connectivity index (χ0v) is 15.5. The predicted molar refractivity (Wildman–Crippen MR) is 102 cm³/mol. The van der Waals surface area contributed by atoms with Gasteiger partial charge < -0.3 is 9.73 Å². The van der Waals surface area contributed by atoms with Crippen molar-refractivity contribution in [2.75, 3.05) is 5.32 Å². The highest BCUT2D eigenvalue weighted by Crippen LogP contribution is 2.34. The van der Waals surface area contributed by atoms with Gasteiger partial charge in [0.1, 0.15) is 11.9 Å². The molecule has 0 aliphatic rings. The van der Waals surface area contributed by atoms with Gasteiger partial charge >= 0.3 is 11.8 Å². The number of hydrogen-bond acceptors (Lipinski definition) is 5. The van der Waals surface area contributed by atoms with Crippen molar-refractivity contribution in [1.29, 1.82) is 0 Å². The second-order valence-corrected chi connectivity index (χ2v) is 6.57. The largest absolute Gasteiger partial charge is 0.423 e. The predicted octanol–water partition coefficient (Wildman–Crippen LogP) is 4.30. The van der Waals surface area contributed by atoms with Crippen molar-refractivity contribution in [3.63, 3.8) is 0 Å². The first kappa shape index (κ1) is 19.6. The summed E-state index contributed by atoms with van der Waals surface area (Å²) in [6.07, 6.45) is -3.40. The summed E-state index contributed by atoms with van der Waals surface area (Å²) in [6.45, 7) is 0. The third kappa shape index (κ3) is 3.90. The minimum absolute atomic E-state index is 0.109. The number of benzene rings is 2. The molecule has 30 heavy (non-hydrogen) atoms. The van der Waals surface area contributed by atoms with Crippen LogP contribution in [0.25, 0.3) is 16.7 Å². The lowest BCUT2D eigenvalue weighted by Gasteiger charge is -2.10. The number of hydrogen-bond donors (Lipinski definition) is 1. The Hall–Kier alpha value is -3.66. The van der Waals surface area contributed by atoms with E-state index in [2.05, 4.69) is 15.4 Å². The van der Waals surface area contributed by atoms with Gasteiger partial charge in [-0.3, -0.25) is 4.79 Å². The van der Waals surface area contributed by atoms with Gasteiger partial charge in [-0.15, -0.1) is 5.10 Å². The Bertz CT molecular complexity index is 1310. The second kappa shape index (κ2) is 7.30. The topological polar surface area (TPSA) is 90.0 Å². The smallest absolute Gasteiger partial charge is 0.417 e. The molecule has 2 aromatic heterocycles. The number of anilines is 1. The summed E-state index contributed by atoms with van der Waals surface area (Å²) in [5.41, 5.74) is -1.85. The van der Waals surface area contributed by atoms with Gasteiger partial charge in [-0.25, -0.2) is 14.5 Å². The molecule has 1 N–H and O–H groups in total. The van der Waals surface area contributed by atoms with Gasteiger partial charge in [-0.2, -0.15) is 13.2 Å². The lowest BCUT2D eigenvalue weighted by atomic mass is 10.1. The van der Waals surface area contributed by atoms with E-state index in [1.165, 1.54) is 17.1 Å². The molecule has 0 atom stereocenters. The van der Waals surface area contributed by atoms with Crippen LogP contribution in [-0.4, -0.2) is 20.7 Å². The van der Waals surface area contributed by atoms with Gasteiger partial charge in [0.2, 0.25) is 5.82 Å². The van der Waals surface area contributed by atoms with E-state index in [0.29, 0.717) is 16.8 Å². The molecule has 152 valence electrons. The summed E-state index contributed by atoms with van der Waals surface area (Å²) in [6, 6.07) is 10.5. The highest BCUT2D eigenvalue weighted by Gasteiger charge is 2.33. The van der Waals surface area contributed by atoms with Gasteiger partial charge in [-0.05, 0) is 36.4 Å². The summed E-state index contributed by atoms with van der Waals surface area (Å²) in [5.74, 6) is -0.869. The minimum Gasteiger partial charge on any atom is -0.423 e. The van der Waals surface area contributed by atoms with Gasteiger partial charge in [-0.1, -0.05) is 11.6 Å². The van der Waals surface area contributed by atoms with Crippen LogP contribution in [0.4, 0.5) is 18.9 Å². The number of alkyl halides is 3. The number of amides is 1. The maximum atomic E-state index is 13.1. The number of nitrogens with one attached hydrogen (secondary N) is 1. The summed E-state index contributed by atoms with van der Waals surface area (Å²) in [4.78, 5) is 27.8. The molecule has 2 heterocycles. The second-order valence-electron chi connectivity index (χ2n) is 6.13. The fourth-order valence-corrected chi connectivity index (χ4v) is 2.87. The average Bonchev–Trinajstić information content (AvgIpc) is 3.17. The first-order valence-electron chi connectivity index (χ1n) is 8.35. The first-order chi connectivity index (χ1) is 14.2. The molecule has 0 unspecified atom stereocenters. The number of halogens is 4. The van der Waals surface area contributed by atoms with Gasteiger partial charge in [0.05, 0.1) is 11.3 Å². The Labute approximate surface area is 170 Å². The highest BCUT2D eigenvalue weighted by atomic mass is 35.5. The molecule has 4 rings (SSSR count). The third-order valence-electron chi connectivity index (χ3n) is 4.09. The Balaban J connectivity index is 1.61. The monoisotopic (exact) mass is 434 g/mol. The van der Waals surface area contributed by atoms with Crippen LogP contribution >= 0.6 is 11.6 Å². The Morgan fingerprint density at radius 3 is 2.53 bits per heavy atom. The fourth-order valence-electron chi connectivity index (χ4n) is 2.75. The van der Waals surface area contributed by atoms with Crippen molar-refractivity contribution in [1.82, 2.24) is 14.8 Å². The van der Waals surface area contributed by atoms with E-state index in [-0.39, 0.29) is 22.5 Å². The molecular formula is C19H10ClF3N4O3. The van der Waals surface area contributed by atoms with E-state index in [9.17, 15) is 22.8 Å². The van der Waals surface area contributed by atoms with Crippen molar-refractivity contribution in [3.8, 4) is 5.69 Å². The minimum atomic E-state index is -4.72. The summed E-state index contributed by atoms with van der Waals surface area (Å²) in [5, 5.41) is 6.75. The van der Waals surface area contributed by atoms with Crippen molar-refractivity contribution >= 4 is 34.2 Å². The molecule has 0 fully saturated rings. The maximum Gasteiger partial charge on any atom is 0.417 e. The van der Waals surface area contributed by atoms with Crippen molar-refractivity contribution < 1.29 is 22.4 Å². The third-order valence-corrected chi connectivity index (χ3v) is 4.35. The van der Waals surface area contributed by atoms with Crippen molar-refractivity contribution in [2.24, 2.45) is 0 Å². The van der Waals surface area contributed by atoms with E-state index in [1.807, 2.05) is 0 Å². The molecule has 2 aromatic carbocycles. The van der Waals surface area contributed by atoms with Crippen molar-refractivity contribution in [2.45, 2.75) is 6.18 Å². The summed E-state index contributed by atoms with van der Waals surface area (Å²) >= 11 is 5.83. The molecule has 1 amide bonds. The Morgan fingerprint density at radius 1 is 1.10 bits per heavy atom. The Kier molecular flexibility index (Phi) is 4.78. The molecule has 0 aliphatic carbocycles. The first-order valence-corrected chi connectivity index (χ1v) is 8.72. The quantitative estimate of drug-likeness (QED) is 0.486.